The summed E-state index contributed by atoms with van der Waals surface area (Å²) in [6.45, 7) is 0.0814. The van der Waals surface area contributed by atoms with Gasteiger partial charge in [-0.05, 0) is 36.4 Å². The van der Waals surface area contributed by atoms with Crippen LogP contribution in [-0.4, -0.2) is 35.1 Å². The van der Waals surface area contributed by atoms with Crippen molar-refractivity contribution in [3.8, 4) is 11.5 Å². The minimum Gasteiger partial charge on any atom is -0.508 e. The summed E-state index contributed by atoms with van der Waals surface area (Å²) in [6, 6.07) is 7.14. The van der Waals surface area contributed by atoms with Crippen molar-refractivity contribution in [3.05, 3.63) is 59.2 Å². The molecule has 0 atom stereocenters. The Bertz CT molecular complexity index is 784. The predicted molar refractivity (Wildman–Crippen MR) is 85.9 cm³/mol. The third kappa shape index (κ3) is 5.13. The van der Waals surface area contributed by atoms with Crippen LogP contribution in [0.15, 0.2) is 42.5 Å². The molecule has 26 heavy (non-hydrogen) atoms. The number of amides is 2. The summed E-state index contributed by atoms with van der Waals surface area (Å²) >= 11 is 0. The quantitative estimate of drug-likeness (QED) is 0.609. The molecule has 0 aliphatic heterocycles. The maximum atomic E-state index is 12.5. The van der Waals surface area contributed by atoms with Gasteiger partial charge in [0, 0.05) is 30.3 Å². The summed E-state index contributed by atoms with van der Waals surface area (Å²) in [5.74, 6) is -1.69. The van der Waals surface area contributed by atoms with Gasteiger partial charge in [-0.1, -0.05) is 0 Å². The van der Waals surface area contributed by atoms with Crippen molar-refractivity contribution in [2.45, 2.75) is 6.18 Å². The van der Waals surface area contributed by atoms with Gasteiger partial charge in [-0.3, -0.25) is 9.59 Å². The van der Waals surface area contributed by atoms with E-state index in [1.165, 1.54) is 0 Å². The van der Waals surface area contributed by atoms with Gasteiger partial charge >= 0.3 is 6.18 Å². The summed E-state index contributed by atoms with van der Waals surface area (Å²) in [5, 5.41) is 23.5. The van der Waals surface area contributed by atoms with E-state index in [2.05, 4.69) is 10.6 Å². The van der Waals surface area contributed by atoms with Crippen molar-refractivity contribution in [3.63, 3.8) is 0 Å². The monoisotopic (exact) mass is 368 g/mol. The highest BCUT2D eigenvalue weighted by Gasteiger charge is 2.30. The van der Waals surface area contributed by atoms with Gasteiger partial charge < -0.3 is 20.8 Å². The molecule has 2 amide bonds. The summed E-state index contributed by atoms with van der Waals surface area (Å²) in [4.78, 5) is 23.7. The van der Waals surface area contributed by atoms with E-state index in [0.717, 1.165) is 42.5 Å². The second kappa shape index (κ2) is 7.77. The van der Waals surface area contributed by atoms with Crippen LogP contribution in [0.1, 0.15) is 26.3 Å². The molecule has 0 aliphatic carbocycles. The van der Waals surface area contributed by atoms with E-state index in [1.54, 1.807) is 0 Å². The Morgan fingerprint density at radius 3 is 1.73 bits per heavy atom. The Hall–Kier alpha value is -3.23. The Kier molecular flexibility index (Phi) is 5.71. The van der Waals surface area contributed by atoms with E-state index in [9.17, 15) is 33.0 Å². The minimum absolute atomic E-state index is 0.0381. The molecule has 0 bridgehead atoms. The normalized spacial score (nSPS) is 11.0. The molecular formula is C17H15F3N2O4. The largest absolute Gasteiger partial charge is 0.508 e. The molecule has 9 heteroatoms. The number of phenolic OH excluding ortho intramolecular Hbond substituents is 2. The van der Waals surface area contributed by atoms with Gasteiger partial charge in [-0.2, -0.15) is 13.2 Å². The zero-order chi connectivity index (χ0) is 19.3. The van der Waals surface area contributed by atoms with Crippen LogP contribution < -0.4 is 10.6 Å². The van der Waals surface area contributed by atoms with Gasteiger partial charge in [-0.25, -0.2) is 0 Å². The molecule has 0 aliphatic rings. The SMILES string of the molecule is O=C(NCCNC(=O)c1cc(O)cc(O)c1)c1ccc(C(F)(F)F)cc1. The lowest BCUT2D eigenvalue weighted by molar-refractivity contribution is -0.137. The molecule has 2 rings (SSSR count). The average molecular weight is 368 g/mol. The third-order valence-electron chi connectivity index (χ3n) is 3.34. The number of carbonyl (C=O) groups is 2. The first-order chi connectivity index (χ1) is 12.2. The Morgan fingerprint density at radius 2 is 1.27 bits per heavy atom. The first kappa shape index (κ1) is 19.1. The van der Waals surface area contributed by atoms with Crippen molar-refractivity contribution >= 4 is 11.8 Å². The number of halogens is 3. The Morgan fingerprint density at radius 1 is 0.808 bits per heavy atom. The molecule has 0 radical (unpaired) electrons. The highest BCUT2D eigenvalue weighted by Crippen LogP contribution is 2.29. The fourth-order valence-corrected chi connectivity index (χ4v) is 2.09. The molecular weight excluding hydrogens is 353 g/mol. The number of hydrogen-bond donors (Lipinski definition) is 4. The summed E-state index contributed by atoms with van der Waals surface area (Å²) < 4.78 is 37.4. The molecule has 0 heterocycles. The van der Waals surface area contributed by atoms with E-state index in [4.69, 9.17) is 0 Å². The number of benzene rings is 2. The first-order valence-corrected chi connectivity index (χ1v) is 7.43. The maximum Gasteiger partial charge on any atom is 0.416 e. The van der Waals surface area contributed by atoms with Gasteiger partial charge in [0.05, 0.1) is 5.56 Å². The van der Waals surface area contributed by atoms with Crippen LogP contribution in [0.2, 0.25) is 0 Å². The fraction of sp³-hybridized carbons (Fsp3) is 0.176. The lowest BCUT2D eigenvalue weighted by Gasteiger charge is -2.09. The first-order valence-electron chi connectivity index (χ1n) is 7.43. The van der Waals surface area contributed by atoms with Crippen LogP contribution >= 0.6 is 0 Å². The number of phenols is 2. The van der Waals surface area contributed by atoms with E-state index < -0.39 is 23.6 Å². The number of aromatic hydroxyl groups is 2. The highest BCUT2D eigenvalue weighted by atomic mass is 19.4. The zero-order valence-corrected chi connectivity index (χ0v) is 13.3. The lowest BCUT2D eigenvalue weighted by Crippen LogP contribution is -2.34. The summed E-state index contributed by atoms with van der Waals surface area (Å²) in [6.07, 6.45) is -4.47. The van der Waals surface area contributed by atoms with E-state index in [1.807, 2.05) is 0 Å². The highest BCUT2D eigenvalue weighted by molar-refractivity contribution is 5.95. The molecule has 0 saturated carbocycles. The van der Waals surface area contributed by atoms with Crippen molar-refractivity contribution in [2.24, 2.45) is 0 Å². The van der Waals surface area contributed by atoms with E-state index in [-0.39, 0.29) is 35.7 Å². The molecule has 2 aromatic carbocycles. The van der Waals surface area contributed by atoms with Gasteiger partial charge in [0.15, 0.2) is 0 Å². The Balaban J connectivity index is 1.82. The average Bonchev–Trinajstić information content (AvgIpc) is 2.56. The zero-order valence-electron chi connectivity index (χ0n) is 13.3. The van der Waals surface area contributed by atoms with Gasteiger partial charge in [0.1, 0.15) is 11.5 Å². The van der Waals surface area contributed by atoms with Crippen molar-refractivity contribution in [1.82, 2.24) is 10.6 Å². The number of hydrogen-bond acceptors (Lipinski definition) is 4. The molecule has 2 aromatic rings. The van der Waals surface area contributed by atoms with Crippen molar-refractivity contribution < 1.29 is 33.0 Å². The molecule has 0 spiro atoms. The van der Waals surface area contributed by atoms with Crippen LogP contribution in [-0.2, 0) is 6.18 Å². The standard InChI is InChI=1S/C17H15F3N2O4/c18-17(19,20)12-3-1-10(2-4-12)15(25)21-5-6-22-16(26)11-7-13(23)9-14(24)8-11/h1-4,7-9,23-24H,5-6H2,(H,21,25)(H,22,26). The fourth-order valence-electron chi connectivity index (χ4n) is 2.09. The molecule has 4 N–H and O–H groups in total. The maximum absolute atomic E-state index is 12.5. The summed E-state index contributed by atoms with van der Waals surface area (Å²) in [5.41, 5.74) is -0.755. The molecule has 0 unspecified atom stereocenters. The number of alkyl halides is 3. The smallest absolute Gasteiger partial charge is 0.416 e. The predicted octanol–water partition coefficient (Wildman–Crippen LogP) is 2.28. The number of rotatable bonds is 5. The van der Waals surface area contributed by atoms with Crippen LogP contribution in [0.5, 0.6) is 11.5 Å². The van der Waals surface area contributed by atoms with Gasteiger partial charge in [0.2, 0.25) is 0 Å². The number of carbonyl (C=O) groups excluding carboxylic acids is 2. The molecule has 0 saturated heterocycles. The van der Waals surface area contributed by atoms with Gasteiger partial charge in [0.25, 0.3) is 11.8 Å². The van der Waals surface area contributed by atoms with Crippen molar-refractivity contribution in [2.75, 3.05) is 13.1 Å². The Labute approximate surface area is 146 Å². The van der Waals surface area contributed by atoms with Gasteiger partial charge in [-0.15, -0.1) is 0 Å². The molecule has 0 aromatic heterocycles. The van der Waals surface area contributed by atoms with Crippen molar-refractivity contribution in [1.29, 1.82) is 0 Å². The van der Waals surface area contributed by atoms with E-state index in [0.29, 0.717) is 0 Å². The summed E-state index contributed by atoms with van der Waals surface area (Å²) in [7, 11) is 0. The molecule has 6 nitrogen and oxygen atoms in total. The second-order valence-electron chi connectivity index (χ2n) is 5.32. The lowest BCUT2D eigenvalue weighted by atomic mass is 10.1. The third-order valence-corrected chi connectivity index (χ3v) is 3.34. The van der Waals surface area contributed by atoms with Crippen LogP contribution in [0.3, 0.4) is 0 Å². The van der Waals surface area contributed by atoms with Crippen LogP contribution in [0, 0.1) is 0 Å². The number of nitrogens with one attached hydrogen (secondary N) is 2. The van der Waals surface area contributed by atoms with Crippen LogP contribution in [0.25, 0.3) is 0 Å². The minimum atomic E-state index is -4.47. The van der Waals surface area contributed by atoms with Crippen LogP contribution in [0.4, 0.5) is 13.2 Å². The molecule has 0 fully saturated rings. The topological polar surface area (TPSA) is 98.7 Å². The molecule has 138 valence electrons. The second-order valence-corrected chi connectivity index (χ2v) is 5.32. The van der Waals surface area contributed by atoms with E-state index >= 15 is 0 Å².